The SMILES string of the molecule is Nc1ncc2c(n1)CCN(Cc1cncc(Br)c1)C2. The predicted octanol–water partition coefficient (Wildman–Crippen LogP) is 1.77. The molecule has 0 amide bonds. The summed E-state index contributed by atoms with van der Waals surface area (Å²) in [5, 5.41) is 0. The number of anilines is 1. The van der Waals surface area contributed by atoms with Gasteiger partial charge in [-0.1, -0.05) is 0 Å². The maximum absolute atomic E-state index is 5.61. The molecule has 0 saturated heterocycles. The van der Waals surface area contributed by atoms with Gasteiger partial charge in [-0.05, 0) is 27.6 Å². The molecular formula is C13H14BrN5. The van der Waals surface area contributed by atoms with Gasteiger partial charge in [0.1, 0.15) is 0 Å². The van der Waals surface area contributed by atoms with Crippen LogP contribution < -0.4 is 5.73 Å². The molecule has 3 heterocycles. The molecule has 0 atom stereocenters. The normalized spacial score (nSPS) is 15.2. The summed E-state index contributed by atoms with van der Waals surface area (Å²) in [5.74, 6) is 0.364. The van der Waals surface area contributed by atoms with Gasteiger partial charge in [0.25, 0.3) is 0 Å². The maximum Gasteiger partial charge on any atom is 0.220 e. The fourth-order valence-corrected chi connectivity index (χ4v) is 2.74. The lowest BCUT2D eigenvalue weighted by Gasteiger charge is -2.27. The Morgan fingerprint density at radius 3 is 3.05 bits per heavy atom. The highest BCUT2D eigenvalue weighted by molar-refractivity contribution is 9.10. The van der Waals surface area contributed by atoms with Gasteiger partial charge in [-0.25, -0.2) is 9.97 Å². The summed E-state index contributed by atoms with van der Waals surface area (Å²) in [6.45, 7) is 2.73. The molecule has 2 aromatic rings. The first-order valence-electron chi connectivity index (χ1n) is 6.13. The quantitative estimate of drug-likeness (QED) is 0.913. The molecule has 2 aromatic heterocycles. The number of hydrogen-bond acceptors (Lipinski definition) is 5. The Morgan fingerprint density at radius 1 is 1.32 bits per heavy atom. The van der Waals surface area contributed by atoms with E-state index < -0.39 is 0 Å². The molecule has 0 aliphatic carbocycles. The van der Waals surface area contributed by atoms with Crippen molar-refractivity contribution in [2.75, 3.05) is 12.3 Å². The lowest BCUT2D eigenvalue weighted by Crippen LogP contribution is -2.31. The molecule has 6 heteroatoms. The number of rotatable bonds is 2. The zero-order valence-electron chi connectivity index (χ0n) is 10.4. The Hall–Kier alpha value is -1.53. The number of pyridine rings is 1. The van der Waals surface area contributed by atoms with E-state index in [9.17, 15) is 0 Å². The van der Waals surface area contributed by atoms with Gasteiger partial charge in [0.2, 0.25) is 5.95 Å². The van der Waals surface area contributed by atoms with Gasteiger partial charge in [-0.3, -0.25) is 9.88 Å². The molecule has 3 rings (SSSR count). The molecule has 19 heavy (non-hydrogen) atoms. The largest absolute Gasteiger partial charge is 0.368 e. The number of nitrogens with zero attached hydrogens (tertiary/aromatic N) is 4. The van der Waals surface area contributed by atoms with Crippen molar-refractivity contribution >= 4 is 21.9 Å². The van der Waals surface area contributed by atoms with Gasteiger partial charge in [0.05, 0.1) is 5.69 Å². The van der Waals surface area contributed by atoms with Crippen LogP contribution in [0.15, 0.2) is 29.1 Å². The van der Waals surface area contributed by atoms with Crippen LogP contribution in [-0.4, -0.2) is 26.4 Å². The summed E-state index contributed by atoms with van der Waals surface area (Å²) in [4.78, 5) is 14.9. The molecule has 0 unspecified atom stereocenters. The van der Waals surface area contributed by atoms with Gasteiger partial charge >= 0.3 is 0 Å². The second kappa shape index (κ2) is 5.22. The highest BCUT2D eigenvalue weighted by Crippen LogP contribution is 2.19. The number of nitrogen functional groups attached to an aromatic ring is 1. The van der Waals surface area contributed by atoms with Crippen molar-refractivity contribution in [3.05, 3.63) is 46.0 Å². The van der Waals surface area contributed by atoms with Gasteiger partial charge in [-0.2, -0.15) is 0 Å². The molecule has 2 N–H and O–H groups in total. The standard InChI is InChI=1S/C13H14BrN5/c14-11-3-9(4-16-6-11)7-19-2-1-12-10(8-19)5-17-13(15)18-12/h3-6H,1-2,7-8H2,(H2,15,17,18). The smallest absolute Gasteiger partial charge is 0.220 e. The lowest BCUT2D eigenvalue weighted by molar-refractivity contribution is 0.242. The van der Waals surface area contributed by atoms with Gasteiger partial charge < -0.3 is 5.73 Å². The van der Waals surface area contributed by atoms with E-state index >= 15 is 0 Å². The van der Waals surface area contributed by atoms with E-state index in [4.69, 9.17) is 5.73 Å². The Bertz CT molecular complexity index is 601. The molecule has 5 nitrogen and oxygen atoms in total. The van der Waals surface area contributed by atoms with Crippen LogP contribution >= 0.6 is 15.9 Å². The van der Waals surface area contributed by atoms with Crippen LogP contribution in [0.5, 0.6) is 0 Å². The van der Waals surface area contributed by atoms with E-state index in [1.54, 1.807) is 6.20 Å². The summed E-state index contributed by atoms with van der Waals surface area (Å²) in [6.07, 6.45) is 6.46. The molecule has 0 spiro atoms. The number of hydrogen-bond donors (Lipinski definition) is 1. The first-order chi connectivity index (χ1) is 9.20. The minimum Gasteiger partial charge on any atom is -0.368 e. The van der Waals surface area contributed by atoms with Crippen molar-refractivity contribution < 1.29 is 0 Å². The Morgan fingerprint density at radius 2 is 2.21 bits per heavy atom. The Balaban J connectivity index is 1.74. The second-order valence-corrected chi connectivity index (χ2v) is 5.59. The zero-order valence-corrected chi connectivity index (χ0v) is 12.0. The van der Waals surface area contributed by atoms with Crippen molar-refractivity contribution in [1.82, 2.24) is 19.9 Å². The summed E-state index contributed by atoms with van der Waals surface area (Å²) in [5.41, 5.74) is 9.06. The molecule has 0 aromatic carbocycles. The summed E-state index contributed by atoms with van der Waals surface area (Å²) >= 11 is 3.45. The van der Waals surface area contributed by atoms with Crippen LogP contribution in [-0.2, 0) is 19.5 Å². The van der Waals surface area contributed by atoms with Gasteiger partial charge in [0.15, 0.2) is 0 Å². The molecule has 0 saturated carbocycles. The third-order valence-electron chi connectivity index (χ3n) is 3.20. The Labute approximate surface area is 120 Å². The highest BCUT2D eigenvalue weighted by atomic mass is 79.9. The fourth-order valence-electron chi connectivity index (χ4n) is 2.33. The van der Waals surface area contributed by atoms with Crippen molar-refractivity contribution in [2.24, 2.45) is 0 Å². The molecule has 0 radical (unpaired) electrons. The van der Waals surface area contributed by atoms with E-state index in [0.29, 0.717) is 5.95 Å². The molecular weight excluding hydrogens is 306 g/mol. The average Bonchev–Trinajstić information content (AvgIpc) is 2.39. The van der Waals surface area contributed by atoms with Crippen LogP contribution in [0.2, 0.25) is 0 Å². The van der Waals surface area contributed by atoms with E-state index in [0.717, 1.165) is 36.2 Å². The van der Waals surface area contributed by atoms with E-state index in [1.807, 2.05) is 12.4 Å². The van der Waals surface area contributed by atoms with Crippen LogP contribution in [0, 0.1) is 0 Å². The molecule has 1 aliphatic heterocycles. The van der Waals surface area contributed by atoms with Crippen LogP contribution in [0.1, 0.15) is 16.8 Å². The third-order valence-corrected chi connectivity index (χ3v) is 3.63. The monoisotopic (exact) mass is 319 g/mol. The van der Waals surface area contributed by atoms with Crippen molar-refractivity contribution in [2.45, 2.75) is 19.5 Å². The first kappa shape index (κ1) is 12.5. The van der Waals surface area contributed by atoms with Gasteiger partial charge in [-0.15, -0.1) is 0 Å². The second-order valence-electron chi connectivity index (χ2n) is 4.67. The first-order valence-corrected chi connectivity index (χ1v) is 6.92. The van der Waals surface area contributed by atoms with E-state index in [2.05, 4.69) is 41.8 Å². The van der Waals surface area contributed by atoms with E-state index in [-0.39, 0.29) is 0 Å². The summed E-state index contributed by atoms with van der Waals surface area (Å²) in [6, 6.07) is 2.10. The van der Waals surface area contributed by atoms with Crippen LogP contribution in [0.4, 0.5) is 5.95 Å². The average molecular weight is 320 g/mol. The predicted molar refractivity (Wildman–Crippen MR) is 76.2 cm³/mol. The molecule has 0 bridgehead atoms. The topological polar surface area (TPSA) is 67.9 Å². The summed E-state index contributed by atoms with van der Waals surface area (Å²) in [7, 11) is 0. The number of aromatic nitrogens is 3. The minimum atomic E-state index is 0.364. The highest BCUT2D eigenvalue weighted by Gasteiger charge is 2.18. The fraction of sp³-hybridized carbons (Fsp3) is 0.308. The Kier molecular flexibility index (Phi) is 3.44. The lowest BCUT2D eigenvalue weighted by atomic mass is 10.1. The number of nitrogens with two attached hydrogens (primary N) is 1. The third kappa shape index (κ3) is 2.90. The van der Waals surface area contributed by atoms with Crippen LogP contribution in [0.3, 0.4) is 0 Å². The summed E-state index contributed by atoms with van der Waals surface area (Å²) < 4.78 is 1.01. The number of halogens is 1. The van der Waals surface area contributed by atoms with Crippen molar-refractivity contribution in [3.63, 3.8) is 0 Å². The van der Waals surface area contributed by atoms with Crippen molar-refractivity contribution in [1.29, 1.82) is 0 Å². The zero-order chi connectivity index (χ0) is 13.2. The van der Waals surface area contributed by atoms with Gasteiger partial charge in [0, 0.05) is 54.7 Å². The van der Waals surface area contributed by atoms with Crippen LogP contribution in [0.25, 0.3) is 0 Å². The van der Waals surface area contributed by atoms with Crippen molar-refractivity contribution in [3.8, 4) is 0 Å². The molecule has 1 aliphatic rings. The molecule has 98 valence electrons. The number of fused-ring (bicyclic) bond motifs is 1. The minimum absolute atomic E-state index is 0.364. The molecule has 0 fully saturated rings. The van der Waals surface area contributed by atoms with E-state index in [1.165, 1.54) is 11.1 Å². The maximum atomic E-state index is 5.61.